The Balaban J connectivity index is 1.97. The monoisotopic (exact) mass is 313 g/mol. The Bertz CT molecular complexity index is 724. The number of alkyl halides is 3. The lowest BCUT2D eigenvalue weighted by atomic mass is 9.97. The van der Waals surface area contributed by atoms with Crippen molar-refractivity contribution in [3.8, 4) is 0 Å². The van der Waals surface area contributed by atoms with Crippen molar-refractivity contribution >= 4 is 11.0 Å². The number of nitrogens with zero attached hydrogens (tertiary/aromatic N) is 2. The second-order valence-electron chi connectivity index (χ2n) is 5.98. The van der Waals surface area contributed by atoms with Gasteiger partial charge in [-0.3, -0.25) is 4.57 Å². The van der Waals surface area contributed by atoms with E-state index in [4.69, 9.17) is 0 Å². The molecule has 0 amide bonds. The molecule has 1 fully saturated rings. The Morgan fingerprint density at radius 3 is 2.59 bits per heavy atom. The van der Waals surface area contributed by atoms with Gasteiger partial charge >= 0.3 is 11.9 Å². The molecule has 3 rings (SSSR count). The van der Waals surface area contributed by atoms with E-state index in [1.807, 2.05) is 7.05 Å². The number of aromatic amines is 1. The molecule has 0 aliphatic carbocycles. The van der Waals surface area contributed by atoms with Gasteiger partial charge in [0, 0.05) is 6.54 Å². The van der Waals surface area contributed by atoms with E-state index < -0.39 is 17.4 Å². The maximum absolute atomic E-state index is 13.0. The van der Waals surface area contributed by atoms with Crippen LogP contribution in [0.3, 0.4) is 0 Å². The van der Waals surface area contributed by atoms with Crippen LogP contribution in [0.15, 0.2) is 23.0 Å². The molecule has 0 atom stereocenters. The number of benzene rings is 1. The summed E-state index contributed by atoms with van der Waals surface area (Å²) >= 11 is 0. The Morgan fingerprint density at radius 2 is 1.95 bits per heavy atom. The first kappa shape index (κ1) is 15.1. The van der Waals surface area contributed by atoms with Gasteiger partial charge in [0.25, 0.3) is 0 Å². The highest BCUT2D eigenvalue weighted by molar-refractivity contribution is 5.79. The van der Waals surface area contributed by atoms with Crippen molar-refractivity contribution in [1.82, 2.24) is 14.5 Å². The maximum atomic E-state index is 13.0. The van der Waals surface area contributed by atoms with Crippen molar-refractivity contribution in [2.75, 3.05) is 20.1 Å². The first-order valence-electron chi connectivity index (χ1n) is 7.33. The number of rotatable bonds is 2. The molecule has 0 spiro atoms. The molecule has 7 heteroatoms. The lowest BCUT2D eigenvalue weighted by Gasteiger charge is -2.29. The van der Waals surface area contributed by atoms with E-state index in [9.17, 15) is 18.0 Å². The quantitative estimate of drug-likeness (QED) is 0.926. The first-order valence-corrected chi connectivity index (χ1v) is 7.33. The van der Waals surface area contributed by atoms with Crippen LogP contribution in [0.5, 0.6) is 0 Å². The van der Waals surface area contributed by atoms with Crippen molar-refractivity contribution < 1.29 is 13.2 Å². The zero-order valence-electron chi connectivity index (χ0n) is 12.3. The van der Waals surface area contributed by atoms with Crippen LogP contribution in [-0.2, 0) is 12.7 Å². The van der Waals surface area contributed by atoms with Gasteiger partial charge in [0.15, 0.2) is 0 Å². The fourth-order valence-corrected chi connectivity index (χ4v) is 3.10. The lowest BCUT2D eigenvalue weighted by Crippen LogP contribution is -2.33. The van der Waals surface area contributed by atoms with Crippen LogP contribution in [0.4, 0.5) is 13.2 Å². The maximum Gasteiger partial charge on any atom is 0.418 e. The molecule has 1 aromatic carbocycles. The van der Waals surface area contributed by atoms with Crippen LogP contribution in [0.25, 0.3) is 11.0 Å². The SMILES string of the molecule is CN1CCC(Cn2c(=O)[nH]c3c(C(F)(F)F)cccc32)CC1. The summed E-state index contributed by atoms with van der Waals surface area (Å²) < 4.78 is 40.5. The average Bonchev–Trinajstić information content (AvgIpc) is 2.76. The molecule has 0 saturated carbocycles. The molecule has 1 aliphatic heterocycles. The highest BCUT2D eigenvalue weighted by Crippen LogP contribution is 2.33. The van der Waals surface area contributed by atoms with E-state index in [0.29, 0.717) is 18.0 Å². The molecule has 0 bridgehead atoms. The third-order valence-electron chi connectivity index (χ3n) is 4.39. The van der Waals surface area contributed by atoms with Gasteiger partial charge in [0.05, 0.1) is 16.6 Å². The molecule has 2 heterocycles. The van der Waals surface area contributed by atoms with Gasteiger partial charge in [-0.1, -0.05) is 6.07 Å². The fraction of sp³-hybridized carbons (Fsp3) is 0.533. The number of likely N-dealkylation sites (tertiary alicyclic amines) is 1. The fourth-order valence-electron chi connectivity index (χ4n) is 3.10. The number of piperidine rings is 1. The molecule has 2 aromatic rings. The number of aromatic nitrogens is 2. The van der Waals surface area contributed by atoms with Gasteiger partial charge in [-0.2, -0.15) is 13.2 Å². The Labute approximate surface area is 125 Å². The summed E-state index contributed by atoms with van der Waals surface area (Å²) in [7, 11) is 2.05. The van der Waals surface area contributed by atoms with Crippen LogP contribution in [0.1, 0.15) is 18.4 Å². The smallest absolute Gasteiger partial charge is 0.306 e. The number of H-pyrrole nitrogens is 1. The van der Waals surface area contributed by atoms with Gasteiger partial charge in [-0.05, 0) is 51.0 Å². The number of hydrogen-bond donors (Lipinski definition) is 1. The van der Waals surface area contributed by atoms with Crippen LogP contribution in [0.2, 0.25) is 0 Å². The van der Waals surface area contributed by atoms with Crippen LogP contribution < -0.4 is 5.69 Å². The van der Waals surface area contributed by atoms with Gasteiger partial charge in [-0.15, -0.1) is 0 Å². The van der Waals surface area contributed by atoms with E-state index in [-0.39, 0.29) is 5.52 Å². The number of para-hydroxylation sites is 1. The number of hydrogen-bond acceptors (Lipinski definition) is 2. The zero-order valence-corrected chi connectivity index (χ0v) is 12.3. The predicted octanol–water partition coefficient (Wildman–Crippen LogP) is 2.69. The molecule has 120 valence electrons. The minimum absolute atomic E-state index is 0.118. The van der Waals surface area contributed by atoms with Crippen LogP contribution in [0, 0.1) is 5.92 Å². The standard InChI is InChI=1S/C15H18F3N3O/c1-20-7-5-10(6-8-20)9-21-12-4-2-3-11(15(16,17)18)13(12)19-14(21)22/h2-4,10H,5-9H2,1H3,(H,19,22). The number of nitrogens with one attached hydrogen (secondary N) is 1. The van der Waals surface area contributed by atoms with Gasteiger partial charge < -0.3 is 9.88 Å². The normalized spacial score (nSPS) is 18.2. The summed E-state index contributed by atoms with van der Waals surface area (Å²) in [6.07, 6.45) is -2.56. The molecule has 4 nitrogen and oxygen atoms in total. The van der Waals surface area contributed by atoms with Crippen LogP contribution in [-0.4, -0.2) is 34.6 Å². The summed E-state index contributed by atoms with van der Waals surface area (Å²) in [4.78, 5) is 16.7. The third kappa shape index (κ3) is 2.77. The van der Waals surface area contributed by atoms with Gasteiger partial charge in [-0.25, -0.2) is 4.79 Å². The van der Waals surface area contributed by atoms with Crippen LogP contribution >= 0.6 is 0 Å². The summed E-state index contributed by atoms with van der Waals surface area (Å²) in [5.74, 6) is 0.322. The second-order valence-corrected chi connectivity index (χ2v) is 5.98. The molecule has 1 saturated heterocycles. The van der Waals surface area contributed by atoms with Crippen molar-refractivity contribution in [2.24, 2.45) is 5.92 Å². The number of fused-ring (bicyclic) bond motifs is 1. The number of imidazole rings is 1. The topological polar surface area (TPSA) is 41.0 Å². The predicted molar refractivity (Wildman–Crippen MR) is 77.8 cm³/mol. The van der Waals surface area contributed by atoms with Crippen molar-refractivity contribution in [2.45, 2.75) is 25.6 Å². The zero-order chi connectivity index (χ0) is 15.9. The van der Waals surface area contributed by atoms with E-state index in [1.54, 1.807) is 6.07 Å². The van der Waals surface area contributed by atoms with E-state index in [0.717, 1.165) is 32.0 Å². The van der Waals surface area contributed by atoms with E-state index in [2.05, 4.69) is 9.88 Å². The van der Waals surface area contributed by atoms with Gasteiger partial charge in [0.2, 0.25) is 0 Å². The minimum Gasteiger partial charge on any atom is -0.306 e. The molecule has 0 unspecified atom stereocenters. The highest BCUT2D eigenvalue weighted by Gasteiger charge is 2.34. The third-order valence-corrected chi connectivity index (χ3v) is 4.39. The summed E-state index contributed by atoms with van der Waals surface area (Å²) in [5, 5.41) is 0. The lowest BCUT2D eigenvalue weighted by molar-refractivity contribution is -0.136. The van der Waals surface area contributed by atoms with Crippen molar-refractivity contribution in [1.29, 1.82) is 0 Å². The summed E-state index contributed by atoms with van der Waals surface area (Å²) in [6.45, 7) is 2.37. The molecular formula is C15H18F3N3O. The molecular weight excluding hydrogens is 295 g/mol. The van der Waals surface area contributed by atoms with E-state index in [1.165, 1.54) is 10.6 Å². The molecule has 1 aliphatic rings. The first-order chi connectivity index (χ1) is 10.4. The van der Waals surface area contributed by atoms with Gasteiger partial charge in [0.1, 0.15) is 0 Å². The summed E-state index contributed by atoms with van der Waals surface area (Å²) in [5.41, 5.74) is -1.04. The van der Waals surface area contributed by atoms with Crippen molar-refractivity contribution in [3.05, 3.63) is 34.2 Å². The highest BCUT2D eigenvalue weighted by atomic mass is 19.4. The molecule has 22 heavy (non-hydrogen) atoms. The minimum atomic E-state index is -4.47. The Morgan fingerprint density at radius 1 is 1.27 bits per heavy atom. The largest absolute Gasteiger partial charge is 0.418 e. The Kier molecular flexibility index (Phi) is 3.76. The number of halogens is 3. The van der Waals surface area contributed by atoms with E-state index >= 15 is 0 Å². The molecule has 0 radical (unpaired) electrons. The Hall–Kier alpha value is -1.76. The molecule has 1 aromatic heterocycles. The molecule has 1 N–H and O–H groups in total. The second kappa shape index (κ2) is 5.46. The average molecular weight is 313 g/mol. The summed E-state index contributed by atoms with van der Waals surface area (Å²) in [6, 6.07) is 3.92. The van der Waals surface area contributed by atoms with Crippen molar-refractivity contribution in [3.63, 3.8) is 0 Å².